The number of carbonyl (C=O) groups is 14. The van der Waals surface area contributed by atoms with Crippen LogP contribution in [-0.4, -0.2) is 217 Å². The minimum absolute atomic E-state index is 0.0231. The molecule has 0 amide bonds. The molecule has 83 heavy (non-hydrogen) atoms. The second-order valence-corrected chi connectivity index (χ2v) is 15.4. The molecule has 0 unspecified atom stereocenters. The van der Waals surface area contributed by atoms with Gasteiger partial charge in [0, 0.05) is 57.3 Å². The molecule has 0 bridgehead atoms. The molecule has 42 nitrogen and oxygen atoms in total. The maximum Gasteiger partial charge on any atom is 0.320 e. The van der Waals surface area contributed by atoms with Gasteiger partial charge >= 0.3 is 83.6 Å². The van der Waals surface area contributed by atoms with Crippen molar-refractivity contribution in [1.82, 2.24) is 19.9 Å². The number of H-pyrrole nitrogens is 1. The first-order valence-electron chi connectivity index (χ1n) is 22.7. The van der Waals surface area contributed by atoms with Crippen molar-refractivity contribution in [2.75, 3.05) is 5.43 Å². The van der Waals surface area contributed by atoms with Gasteiger partial charge < -0.3 is 112 Å². The van der Waals surface area contributed by atoms with Crippen LogP contribution in [0, 0.1) is 0 Å². The number of aliphatic carboxylic acids is 14. The molecule has 472 valence electrons. The number of carboxylic acids is 14. The SMILES string of the molecule is NNc1nc2nccnc2c(=O)[nH]1.N[C@@H](CCC(=O)O)C(=O)O.N[C@@H](CCC(=O)O)C(=O)O.N[C@@H](CCC(=O)O)C(=O)O.N[C@@H](CCC(=O)O)C(=O)O.N[C@@H](CCC(=O)O)C(=O)O.N[C@@H](CCC(=O)O)C(=O)O.N[C@@H](CCC(=O)O)C(=O)O. The second kappa shape index (κ2) is 49.3. The van der Waals surface area contributed by atoms with E-state index in [9.17, 15) is 71.9 Å². The third-order valence-corrected chi connectivity index (χ3v) is 8.39. The molecule has 0 aliphatic heterocycles. The van der Waals surface area contributed by atoms with Crippen molar-refractivity contribution < 1.29 is 139 Å². The number of hydrazine groups is 1. The number of carboxylic acid groups (broad SMARTS) is 14. The summed E-state index contributed by atoms with van der Waals surface area (Å²) in [7, 11) is 0. The summed E-state index contributed by atoms with van der Waals surface area (Å²) in [6.45, 7) is 0. The first-order chi connectivity index (χ1) is 38.1. The molecule has 0 saturated heterocycles. The van der Waals surface area contributed by atoms with E-state index in [1.54, 1.807) is 0 Å². The zero-order chi connectivity index (χ0) is 66.3. The molecule has 32 N–H and O–H groups in total. The molecule has 0 saturated carbocycles. The van der Waals surface area contributed by atoms with Gasteiger partial charge in [-0.2, -0.15) is 4.98 Å². The molecule has 0 fully saturated rings. The topological polar surface area (TPSA) is 814 Å². The summed E-state index contributed by atoms with van der Waals surface area (Å²) in [6, 6.07) is -7.41. The molecule has 42 heteroatoms. The molecule has 0 radical (unpaired) electrons. The molecule has 2 rings (SSSR count). The van der Waals surface area contributed by atoms with Gasteiger partial charge in [0.2, 0.25) is 5.95 Å². The van der Waals surface area contributed by atoms with Crippen LogP contribution >= 0.6 is 0 Å². The summed E-state index contributed by atoms with van der Waals surface area (Å²) in [4.78, 5) is 164. The van der Waals surface area contributed by atoms with Crippen molar-refractivity contribution in [2.24, 2.45) is 46.0 Å². The smallest absolute Gasteiger partial charge is 0.320 e. The van der Waals surface area contributed by atoms with E-state index in [2.05, 4.69) is 25.4 Å². The lowest BCUT2D eigenvalue weighted by Gasteiger charge is -2.01. The predicted molar refractivity (Wildman–Crippen MR) is 273 cm³/mol. The molecule has 2 heterocycles. The Morgan fingerprint density at radius 2 is 0.542 bits per heavy atom. The summed E-state index contributed by atoms with van der Waals surface area (Å²) in [5.74, 6) is -10.1. The highest BCUT2D eigenvalue weighted by atomic mass is 16.4. The molecule has 2 aromatic heterocycles. The summed E-state index contributed by atoms with van der Waals surface area (Å²) in [6.07, 6.45) is 1.31. The largest absolute Gasteiger partial charge is 0.481 e. The lowest BCUT2D eigenvalue weighted by atomic mass is 10.2. The van der Waals surface area contributed by atoms with E-state index in [0.29, 0.717) is 0 Å². The van der Waals surface area contributed by atoms with Gasteiger partial charge in [-0.3, -0.25) is 82.3 Å². The van der Waals surface area contributed by atoms with E-state index >= 15 is 0 Å². The number of aromatic nitrogens is 4. The monoisotopic (exact) mass is 1210 g/mol. The van der Waals surface area contributed by atoms with Crippen molar-refractivity contribution in [3.05, 3.63) is 22.7 Å². The number of nitrogens with two attached hydrogens (primary N) is 8. The van der Waals surface area contributed by atoms with Gasteiger partial charge in [0.05, 0.1) is 0 Å². The summed E-state index contributed by atoms with van der Waals surface area (Å²) in [5, 5.41) is 114. The number of aromatic amines is 1. The van der Waals surface area contributed by atoms with Crippen LogP contribution in [0.1, 0.15) is 89.9 Å². The molecule has 7 atom stereocenters. The van der Waals surface area contributed by atoms with E-state index in [-0.39, 0.29) is 113 Å². The van der Waals surface area contributed by atoms with Crippen molar-refractivity contribution in [2.45, 2.75) is 132 Å². The quantitative estimate of drug-likeness (QED) is 0.0266. The van der Waals surface area contributed by atoms with E-state index in [1.807, 2.05) is 0 Å². The Labute approximate surface area is 465 Å². The lowest BCUT2D eigenvalue weighted by molar-refractivity contribution is -0.141. The average Bonchev–Trinajstić information content (AvgIpc) is 3.38. The maximum absolute atomic E-state index is 11.3. The average molecular weight is 1210 g/mol. The maximum atomic E-state index is 11.3. The van der Waals surface area contributed by atoms with Crippen LogP contribution in [0.5, 0.6) is 0 Å². The summed E-state index contributed by atoms with van der Waals surface area (Å²) >= 11 is 0. The highest BCUT2D eigenvalue weighted by Crippen LogP contribution is 2.01. The van der Waals surface area contributed by atoms with Gasteiger partial charge in [-0.05, 0) is 44.9 Å². The zero-order valence-electron chi connectivity index (χ0n) is 43.4. The van der Waals surface area contributed by atoms with Crippen LogP contribution in [0.3, 0.4) is 0 Å². The molecule has 0 spiro atoms. The number of rotatable bonds is 29. The Balaban J connectivity index is -0.000000205. The number of nitrogens with zero attached hydrogens (tertiary/aromatic N) is 3. The fourth-order valence-electron chi connectivity index (χ4n) is 3.76. The number of anilines is 1. The third-order valence-electron chi connectivity index (χ3n) is 8.39. The summed E-state index contributed by atoms with van der Waals surface area (Å²) < 4.78 is 0. The van der Waals surface area contributed by atoms with E-state index in [1.165, 1.54) is 12.4 Å². The molecule has 0 aromatic carbocycles. The predicted octanol–water partition coefficient (Wildman–Crippen LogP) is -6.16. The van der Waals surface area contributed by atoms with Crippen LogP contribution in [-0.2, 0) is 67.1 Å². The van der Waals surface area contributed by atoms with E-state index < -0.39 is 126 Å². The highest BCUT2D eigenvalue weighted by molar-refractivity contribution is 5.78. The van der Waals surface area contributed by atoms with Crippen molar-refractivity contribution in [3.8, 4) is 0 Å². The Kier molecular flexibility index (Phi) is 50.3. The van der Waals surface area contributed by atoms with Crippen molar-refractivity contribution >= 4 is 101 Å². The van der Waals surface area contributed by atoms with E-state index in [4.69, 9.17) is 117 Å². The molecule has 2 aromatic rings. The third kappa shape index (κ3) is 58.3. The minimum atomic E-state index is -1.17. The zero-order valence-corrected chi connectivity index (χ0v) is 43.4. The number of nitrogens with one attached hydrogen (secondary N) is 2. The Morgan fingerprint density at radius 3 is 0.699 bits per heavy atom. The van der Waals surface area contributed by atoms with Crippen molar-refractivity contribution in [1.29, 1.82) is 0 Å². The first kappa shape index (κ1) is 84.6. The Morgan fingerprint density at radius 1 is 0.361 bits per heavy atom. The number of hydrogen-bond donors (Lipinski definition) is 24. The van der Waals surface area contributed by atoms with E-state index in [0.717, 1.165) is 0 Å². The Hall–Kier alpha value is -9.72. The second-order valence-electron chi connectivity index (χ2n) is 15.4. The molecular weight excluding hydrogens is 1140 g/mol. The number of nitrogen functional groups attached to an aromatic ring is 1. The fourth-order valence-corrected chi connectivity index (χ4v) is 3.76. The van der Waals surface area contributed by atoms with Gasteiger partial charge in [0.1, 0.15) is 42.3 Å². The van der Waals surface area contributed by atoms with Gasteiger partial charge in [0.15, 0.2) is 11.2 Å². The van der Waals surface area contributed by atoms with Crippen LogP contribution in [0.25, 0.3) is 11.2 Å². The number of fused-ring (bicyclic) bond motifs is 1. The highest BCUT2D eigenvalue weighted by Gasteiger charge is 2.17. The minimum Gasteiger partial charge on any atom is -0.481 e. The molecule has 0 aliphatic carbocycles. The van der Waals surface area contributed by atoms with Gasteiger partial charge in [-0.25, -0.2) is 15.8 Å². The van der Waals surface area contributed by atoms with Gasteiger partial charge in [-0.1, -0.05) is 0 Å². The van der Waals surface area contributed by atoms with Crippen LogP contribution in [0.15, 0.2) is 17.2 Å². The van der Waals surface area contributed by atoms with Gasteiger partial charge in [0.25, 0.3) is 5.56 Å². The Bertz CT molecular complexity index is 2130. The molecular formula is C41H69N13O29. The van der Waals surface area contributed by atoms with Crippen LogP contribution in [0.2, 0.25) is 0 Å². The summed E-state index contributed by atoms with van der Waals surface area (Å²) in [5.41, 5.74) is 37.3. The first-order valence-corrected chi connectivity index (χ1v) is 22.7. The standard InChI is InChI=1S/C6H6N6O.7C5H9NO4/c7-12-6-10-4-3(5(13)11-6)8-1-2-9-4;7*6-3(5(9)10)1-2-4(7)8/h1-2H,7H2,(H2,9,10,11,12,13);7*3H,1-2,6H2,(H,7,8)(H,9,10)/t;7*3-/m.0000000/s1. The van der Waals surface area contributed by atoms with Gasteiger partial charge in [-0.15, -0.1) is 0 Å². The van der Waals surface area contributed by atoms with Crippen LogP contribution in [0.4, 0.5) is 5.95 Å². The normalized spacial score (nSPS) is 12.1. The molecule has 0 aliphatic rings. The van der Waals surface area contributed by atoms with Crippen LogP contribution < -0.4 is 57.0 Å². The number of hydrogen-bond acceptors (Lipinski definition) is 27. The fraction of sp³-hybridized carbons (Fsp3) is 0.512. The van der Waals surface area contributed by atoms with Crippen molar-refractivity contribution in [3.63, 3.8) is 0 Å². The lowest BCUT2D eigenvalue weighted by Crippen LogP contribution is -2.30.